The van der Waals surface area contributed by atoms with E-state index in [1.807, 2.05) is 0 Å². The van der Waals surface area contributed by atoms with Gasteiger partial charge in [0.05, 0.1) is 12.1 Å². The van der Waals surface area contributed by atoms with Crippen molar-refractivity contribution in [3.05, 3.63) is 24.3 Å². The summed E-state index contributed by atoms with van der Waals surface area (Å²) in [5.41, 5.74) is 0.697. The van der Waals surface area contributed by atoms with Gasteiger partial charge >= 0.3 is 0 Å². The van der Waals surface area contributed by atoms with E-state index in [-0.39, 0.29) is 12.2 Å². The Hall–Kier alpha value is -0.550. The fraction of sp³-hybridized carbons (Fsp3) is 0.286. The average Bonchev–Trinajstić information content (AvgIpc) is 2.06. The lowest BCUT2D eigenvalue weighted by Gasteiger charge is -2.00. The molecule has 1 rings (SSSR count). The Morgan fingerprint density at radius 3 is 2.83 bits per heavy atom. The van der Waals surface area contributed by atoms with Crippen LogP contribution < -0.4 is 0 Å². The highest BCUT2D eigenvalue weighted by atomic mass is 32.2. The van der Waals surface area contributed by atoms with Gasteiger partial charge in [0.25, 0.3) is 0 Å². The summed E-state index contributed by atoms with van der Waals surface area (Å²) >= 11 is 7.79. The Morgan fingerprint density at radius 2 is 2.33 bits per heavy atom. The van der Waals surface area contributed by atoms with Crippen molar-refractivity contribution in [2.45, 2.75) is 11.0 Å². The lowest BCUT2D eigenvalue weighted by atomic mass is 10.2. The van der Waals surface area contributed by atoms with Gasteiger partial charge < -0.3 is 0 Å². The van der Waals surface area contributed by atoms with Crippen LogP contribution in [-0.4, -0.2) is 20.3 Å². The van der Waals surface area contributed by atoms with Gasteiger partial charge in [0, 0.05) is 6.20 Å². The SMILES string of the molecule is O=C(Cc1ccncn1)C(S)S. The van der Waals surface area contributed by atoms with E-state index < -0.39 is 4.58 Å². The molecule has 0 aliphatic heterocycles. The summed E-state index contributed by atoms with van der Waals surface area (Å²) in [7, 11) is 0. The number of hydrogen-bond acceptors (Lipinski definition) is 5. The molecule has 0 spiro atoms. The van der Waals surface area contributed by atoms with E-state index in [1.165, 1.54) is 6.33 Å². The third kappa shape index (κ3) is 2.83. The first-order valence-electron chi connectivity index (χ1n) is 3.34. The van der Waals surface area contributed by atoms with Gasteiger partial charge in [-0.3, -0.25) is 4.79 Å². The number of nitrogens with zero attached hydrogens (tertiary/aromatic N) is 2. The molecular weight excluding hydrogens is 192 g/mol. The molecule has 0 aromatic carbocycles. The van der Waals surface area contributed by atoms with Crippen molar-refractivity contribution in [3.8, 4) is 0 Å². The van der Waals surface area contributed by atoms with Gasteiger partial charge in [-0.2, -0.15) is 25.3 Å². The highest BCUT2D eigenvalue weighted by Crippen LogP contribution is 2.05. The van der Waals surface area contributed by atoms with Crippen LogP contribution in [0.25, 0.3) is 0 Å². The highest BCUT2D eigenvalue weighted by molar-refractivity contribution is 8.00. The molecule has 12 heavy (non-hydrogen) atoms. The molecule has 0 saturated heterocycles. The summed E-state index contributed by atoms with van der Waals surface area (Å²) in [5.74, 6) is -0.0552. The molecule has 0 bridgehead atoms. The summed E-state index contributed by atoms with van der Waals surface area (Å²) in [5, 5.41) is 0. The maximum Gasteiger partial charge on any atom is 0.161 e. The van der Waals surface area contributed by atoms with Crippen molar-refractivity contribution >= 4 is 31.0 Å². The van der Waals surface area contributed by atoms with Gasteiger partial charge in [-0.25, -0.2) is 9.97 Å². The summed E-state index contributed by atoms with van der Waals surface area (Å²) in [6.45, 7) is 0. The molecule has 5 heteroatoms. The minimum atomic E-state index is -0.528. The number of aromatic nitrogens is 2. The topological polar surface area (TPSA) is 42.9 Å². The number of rotatable bonds is 3. The molecule has 0 N–H and O–H groups in total. The molecule has 0 atom stereocenters. The third-order valence-electron chi connectivity index (χ3n) is 1.29. The number of Topliss-reactive ketones (excluding diaryl/α,β-unsaturated/α-hetero) is 1. The van der Waals surface area contributed by atoms with Crippen LogP contribution in [0, 0.1) is 0 Å². The number of carbonyl (C=O) groups excluding carboxylic acids is 1. The minimum Gasteiger partial charge on any atom is -0.297 e. The van der Waals surface area contributed by atoms with Crippen molar-refractivity contribution in [1.29, 1.82) is 0 Å². The highest BCUT2D eigenvalue weighted by Gasteiger charge is 2.09. The van der Waals surface area contributed by atoms with Crippen molar-refractivity contribution in [2.75, 3.05) is 0 Å². The van der Waals surface area contributed by atoms with Crippen molar-refractivity contribution < 1.29 is 4.79 Å². The lowest BCUT2D eigenvalue weighted by Crippen LogP contribution is -2.11. The maximum atomic E-state index is 11.1. The number of ketones is 1. The minimum absolute atomic E-state index is 0.0552. The van der Waals surface area contributed by atoms with Crippen LogP contribution in [0.2, 0.25) is 0 Å². The molecule has 0 saturated carbocycles. The molecule has 0 aliphatic carbocycles. The first-order chi connectivity index (χ1) is 5.70. The van der Waals surface area contributed by atoms with Crippen LogP contribution in [0.1, 0.15) is 5.69 Å². The molecular formula is C7H8N2OS2. The molecule has 64 valence electrons. The Balaban J connectivity index is 2.59. The van der Waals surface area contributed by atoms with E-state index >= 15 is 0 Å². The van der Waals surface area contributed by atoms with Crippen LogP contribution in [-0.2, 0) is 11.2 Å². The number of hydrogen-bond donors (Lipinski definition) is 2. The predicted molar refractivity (Wildman–Crippen MR) is 52.5 cm³/mol. The molecule has 0 radical (unpaired) electrons. The van der Waals surface area contributed by atoms with Crippen LogP contribution in [0.4, 0.5) is 0 Å². The van der Waals surface area contributed by atoms with Crippen molar-refractivity contribution in [2.24, 2.45) is 0 Å². The molecule has 0 fully saturated rings. The van der Waals surface area contributed by atoms with E-state index in [2.05, 4.69) is 35.2 Å². The van der Waals surface area contributed by atoms with Crippen LogP contribution >= 0.6 is 25.3 Å². The Labute approximate surface area is 81.4 Å². The maximum absolute atomic E-state index is 11.1. The first-order valence-corrected chi connectivity index (χ1v) is 4.37. The van der Waals surface area contributed by atoms with Gasteiger partial charge in [-0.05, 0) is 6.07 Å². The van der Waals surface area contributed by atoms with Crippen LogP contribution in [0.3, 0.4) is 0 Å². The van der Waals surface area contributed by atoms with Crippen molar-refractivity contribution in [1.82, 2.24) is 9.97 Å². The molecule has 0 amide bonds. The predicted octanol–water partition coefficient (Wildman–Crippen LogP) is 0.774. The van der Waals surface area contributed by atoms with Gasteiger partial charge in [0.15, 0.2) is 5.78 Å². The van der Waals surface area contributed by atoms with E-state index in [4.69, 9.17) is 0 Å². The number of carbonyl (C=O) groups is 1. The summed E-state index contributed by atoms with van der Waals surface area (Å²) < 4.78 is -0.528. The Morgan fingerprint density at radius 1 is 1.58 bits per heavy atom. The van der Waals surface area contributed by atoms with E-state index in [9.17, 15) is 4.79 Å². The zero-order chi connectivity index (χ0) is 8.97. The van der Waals surface area contributed by atoms with Crippen molar-refractivity contribution in [3.63, 3.8) is 0 Å². The quantitative estimate of drug-likeness (QED) is 0.559. The zero-order valence-electron chi connectivity index (χ0n) is 6.21. The Bertz CT molecular complexity index is 263. The van der Waals surface area contributed by atoms with E-state index in [0.29, 0.717) is 5.69 Å². The normalized spacial score (nSPS) is 10.2. The first kappa shape index (κ1) is 9.54. The molecule has 3 nitrogen and oxygen atoms in total. The van der Waals surface area contributed by atoms with Crippen LogP contribution in [0.5, 0.6) is 0 Å². The number of thiol groups is 2. The van der Waals surface area contributed by atoms with Gasteiger partial charge in [0.1, 0.15) is 10.9 Å². The zero-order valence-corrected chi connectivity index (χ0v) is 8.00. The molecule has 1 heterocycles. The second-order valence-electron chi connectivity index (χ2n) is 2.22. The molecule has 1 aromatic heterocycles. The Kier molecular flexibility index (Phi) is 3.55. The second-order valence-corrected chi connectivity index (χ2v) is 3.66. The smallest absolute Gasteiger partial charge is 0.161 e. The van der Waals surface area contributed by atoms with Crippen LogP contribution in [0.15, 0.2) is 18.6 Å². The standard InChI is InChI=1S/C7H8N2OS2/c10-6(7(11)12)3-5-1-2-8-4-9-5/h1-2,4,7,11-12H,3H2. The van der Waals surface area contributed by atoms with E-state index in [0.717, 1.165) is 0 Å². The molecule has 0 aliphatic rings. The fourth-order valence-corrected chi connectivity index (χ4v) is 0.875. The van der Waals surface area contributed by atoms with Gasteiger partial charge in [0.2, 0.25) is 0 Å². The second kappa shape index (κ2) is 4.47. The van der Waals surface area contributed by atoms with Gasteiger partial charge in [-0.15, -0.1) is 0 Å². The summed E-state index contributed by atoms with van der Waals surface area (Å²) in [4.78, 5) is 18.7. The monoisotopic (exact) mass is 200 g/mol. The average molecular weight is 200 g/mol. The fourth-order valence-electron chi connectivity index (χ4n) is 0.692. The van der Waals surface area contributed by atoms with E-state index in [1.54, 1.807) is 12.3 Å². The van der Waals surface area contributed by atoms with Gasteiger partial charge in [-0.1, -0.05) is 0 Å². The third-order valence-corrected chi connectivity index (χ3v) is 1.86. The molecule has 1 aromatic rings. The summed E-state index contributed by atoms with van der Waals surface area (Å²) in [6, 6.07) is 1.70. The lowest BCUT2D eigenvalue weighted by molar-refractivity contribution is -0.116. The molecule has 0 unspecified atom stereocenters. The largest absolute Gasteiger partial charge is 0.297 e. The summed E-state index contributed by atoms with van der Waals surface area (Å²) in [6.07, 6.45) is 3.27.